The van der Waals surface area contributed by atoms with Crippen molar-refractivity contribution in [3.05, 3.63) is 71.9 Å². The van der Waals surface area contributed by atoms with E-state index in [0.29, 0.717) is 0 Å². The van der Waals surface area contributed by atoms with Crippen LogP contribution < -0.4 is 5.32 Å². The largest absolute Gasteiger partial charge is 0.480 e. The van der Waals surface area contributed by atoms with Crippen LogP contribution in [0.15, 0.2) is 60.8 Å². The molecule has 0 spiro atoms. The lowest BCUT2D eigenvalue weighted by Gasteiger charge is -2.14. The number of carboxylic acid groups (broad SMARTS) is 1. The van der Waals surface area contributed by atoms with Crippen LogP contribution in [0, 0.1) is 0 Å². The molecule has 0 saturated carbocycles. The zero-order chi connectivity index (χ0) is 17.6. The molecule has 1 heterocycles. The number of carbonyl (C=O) groups is 2. The Morgan fingerprint density at radius 3 is 2.50 bits per heavy atom. The lowest BCUT2D eigenvalue weighted by molar-refractivity contribution is -0.139. The van der Waals surface area contributed by atoms with Gasteiger partial charge in [0.1, 0.15) is 12.6 Å². The smallest absolute Gasteiger partial charge is 0.408 e. The van der Waals surface area contributed by atoms with E-state index in [2.05, 4.69) is 10.3 Å². The molecule has 0 aliphatic heterocycles. The summed E-state index contributed by atoms with van der Waals surface area (Å²) < 4.78 is 5.09. The highest BCUT2D eigenvalue weighted by molar-refractivity contribution is 7.59. The number of nitrogens with one attached hydrogen (secondary N) is 2. The Hall–Kier alpha value is -2.93. The number of carboxylic acids is 1. The first-order chi connectivity index (χ1) is 12.1. The second-order valence-corrected chi connectivity index (χ2v) is 5.66. The van der Waals surface area contributed by atoms with Crippen LogP contribution in [0.4, 0.5) is 4.79 Å². The number of aromatic amines is 1. The van der Waals surface area contributed by atoms with E-state index in [1.165, 1.54) is 0 Å². The van der Waals surface area contributed by atoms with Crippen LogP contribution in [0.5, 0.6) is 0 Å². The molecule has 0 aliphatic rings. The van der Waals surface area contributed by atoms with Gasteiger partial charge in [-0.15, -0.1) is 0 Å². The van der Waals surface area contributed by atoms with Gasteiger partial charge in [0.2, 0.25) is 0 Å². The highest BCUT2D eigenvalue weighted by Gasteiger charge is 2.22. The molecular formula is C19H20N2O4S. The number of ether oxygens (including phenoxy) is 1. The monoisotopic (exact) mass is 372 g/mol. The quantitative estimate of drug-likeness (QED) is 0.620. The van der Waals surface area contributed by atoms with Gasteiger partial charge in [-0.1, -0.05) is 48.5 Å². The normalized spacial score (nSPS) is 11.4. The van der Waals surface area contributed by atoms with Gasteiger partial charge in [0.15, 0.2) is 0 Å². The van der Waals surface area contributed by atoms with Gasteiger partial charge >= 0.3 is 12.1 Å². The molecule has 2 aromatic carbocycles. The minimum absolute atomic E-state index is 0. The first-order valence-electron chi connectivity index (χ1n) is 7.88. The van der Waals surface area contributed by atoms with Crippen LogP contribution in [-0.4, -0.2) is 28.2 Å². The number of amides is 1. The van der Waals surface area contributed by atoms with Crippen LogP contribution in [-0.2, 0) is 22.6 Å². The Balaban J connectivity index is 0.00000243. The fourth-order valence-corrected chi connectivity index (χ4v) is 2.63. The third-order valence-corrected chi connectivity index (χ3v) is 3.90. The number of benzene rings is 2. The molecule has 0 fully saturated rings. The number of hydrogen-bond donors (Lipinski definition) is 3. The molecule has 3 rings (SSSR count). The second-order valence-electron chi connectivity index (χ2n) is 5.66. The Bertz CT molecular complexity index is 879. The molecule has 1 aromatic heterocycles. The standard InChI is InChI=1S/C19H18N2O4.H2S/c22-18(23)17(10-14-11-20-16-9-5-4-8-15(14)16)21-19(24)25-12-13-6-2-1-3-7-13;/h1-9,11,17,20H,10,12H2,(H,21,24)(H,22,23);1H2/t17-;/m0./s1. The molecule has 136 valence electrons. The Morgan fingerprint density at radius 2 is 1.77 bits per heavy atom. The van der Waals surface area contributed by atoms with Crippen molar-refractivity contribution < 1.29 is 19.4 Å². The van der Waals surface area contributed by atoms with Gasteiger partial charge < -0.3 is 20.1 Å². The fraction of sp³-hybridized carbons (Fsp3) is 0.158. The molecule has 0 bridgehead atoms. The second kappa shape index (κ2) is 8.96. The summed E-state index contributed by atoms with van der Waals surface area (Å²) in [5.74, 6) is -1.11. The number of para-hydroxylation sites is 1. The number of alkyl carbamates (subject to hydrolysis) is 1. The van der Waals surface area contributed by atoms with Gasteiger partial charge in [-0.3, -0.25) is 0 Å². The van der Waals surface area contributed by atoms with E-state index in [1.54, 1.807) is 6.20 Å². The molecule has 1 amide bonds. The van der Waals surface area contributed by atoms with Crippen LogP contribution >= 0.6 is 13.5 Å². The van der Waals surface area contributed by atoms with Gasteiger partial charge in [-0.25, -0.2) is 9.59 Å². The SMILES string of the molecule is O=C(N[C@@H](Cc1c[nH]c2ccccc12)C(=O)O)OCc1ccccc1.S. The van der Waals surface area contributed by atoms with Gasteiger partial charge in [0, 0.05) is 23.5 Å². The van der Waals surface area contributed by atoms with Crippen LogP contribution in [0.3, 0.4) is 0 Å². The maximum absolute atomic E-state index is 11.9. The van der Waals surface area contributed by atoms with Gasteiger partial charge in [-0.2, -0.15) is 13.5 Å². The summed E-state index contributed by atoms with van der Waals surface area (Å²) in [4.78, 5) is 26.5. The van der Waals surface area contributed by atoms with E-state index < -0.39 is 18.1 Å². The van der Waals surface area contributed by atoms with Gasteiger partial charge in [0.05, 0.1) is 0 Å². The van der Waals surface area contributed by atoms with Crippen molar-refractivity contribution in [2.45, 2.75) is 19.1 Å². The minimum atomic E-state index is -1.11. The van der Waals surface area contributed by atoms with E-state index in [1.807, 2.05) is 54.6 Å². The van der Waals surface area contributed by atoms with Crippen molar-refractivity contribution in [3.63, 3.8) is 0 Å². The van der Waals surface area contributed by atoms with Crippen molar-refractivity contribution >= 4 is 36.5 Å². The predicted molar refractivity (Wildman–Crippen MR) is 104 cm³/mol. The van der Waals surface area contributed by atoms with Crippen LogP contribution in [0.25, 0.3) is 10.9 Å². The Kier molecular flexibility index (Phi) is 6.68. The summed E-state index contributed by atoms with van der Waals surface area (Å²) in [6, 6.07) is 15.7. The molecule has 0 aliphatic carbocycles. The molecule has 6 nitrogen and oxygen atoms in total. The molecule has 0 unspecified atom stereocenters. The zero-order valence-electron chi connectivity index (χ0n) is 13.9. The highest BCUT2D eigenvalue weighted by atomic mass is 32.1. The third-order valence-electron chi connectivity index (χ3n) is 3.90. The maximum atomic E-state index is 11.9. The highest BCUT2D eigenvalue weighted by Crippen LogP contribution is 2.19. The lowest BCUT2D eigenvalue weighted by Crippen LogP contribution is -2.42. The molecule has 7 heteroatoms. The molecule has 0 saturated heterocycles. The summed E-state index contributed by atoms with van der Waals surface area (Å²) in [5.41, 5.74) is 2.58. The van der Waals surface area contributed by atoms with Gasteiger partial charge in [0.25, 0.3) is 0 Å². The van der Waals surface area contributed by atoms with Gasteiger partial charge in [-0.05, 0) is 17.2 Å². The topological polar surface area (TPSA) is 91.4 Å². The zero-order valence-corrected chi connectivity index (χ0v) is 14.9. The maximum Gasteiger partial charge on any atom is 0.408 e. The number of hydrogen-bond acceptors (Lipinski definition) is 3. The summed E-state index contributed by atoms with van der Waals surface area (Å²) in [6.07, 6.45) is 1.17. The first kappa shape index (κ1) is 19.4. The molecule has 3 N–H and O–H groups in total. The molecule has 26 heavy (non-hydrogen) atoms. The van der Waals surface area contributed by atoms with Crippen molar-refractivity contribution in [2.24, 2.45) is 0 Å². The summed E-state index contributed by atoms with van der Waals surface area (Å²) in [5, 5.41) is 12.8. The van der Waals surface area contributed by atoms with E-state index in [9.17, 15) is 14.7 Å². The first-order valence-corrected chi connectivity index (χ1v) is 7.88. The van der Waals surface area contributed by atoms with Crippen molar-refractivity contribution in [1.82, 2.24) is 10.3 Å². The number of rotatable bonds is 6. The summed E-state index contributed by atoms with van der Waals surface area (Å²) >= 11 is 0. The third kappa shape index (κ3) is 4.80. The molecule has 1 atom stereocenters. The predicted octanol–water partition coefficient (Wildman–Crippen LogP) is 3.20. The number of fused-ring (bicyclic) bond motifs is 1. The Labute approximate surface area is 157 Å². The lowest BCUT2D eigenvalue weighted by atomic mass is 10.1. The van der Waals surface area contributed by atoms with E-state index in [4.69, 9.17) is 4.74 Å². The van der Waals surface area contributed by atoms with Crippen LogP contribution in [0.1, 0.15) is 11.1 Å². The molecule has 0 radical (unpaired) electrons. The van der Waals surface area contributed by atoms with E-state index >= 15 is 0 Å². The van der Waals surface area contributed by atoms with E-state index in [-0.39, 0.29) is 26.5 Å². The summed E-state index contributed by atoms with van der Waals surface area (Å²) in [6.45, 7) is 0.0894. The number of carbonyl (C=O) groups excluding carboxylic acids is 1. The average Bonchev–Trinajstić information content (AvgIpc) is 3.03. The van der Waals surface area contributed by atoms with Crippen LogP contribution in [0.2, 0.25) is 0 Å². The number of aromatic nitrogens is 1. The van der Waals surface area contributed by atoms with Crippen molar-refractivity contribution in [3.8, 4) is 0 Å². The number of H-pyrrole nitrogens is 1. The summed E-state index contributed by atoms with van der Waals surface area (Å²) in [7, 11) is 0. The number of aliphatic carboxylic acids is 1. The Morgan fingerprint density at radius 1 is 1.08 bits per heavy atom. The van der Waals surface area contributed by atoms with Crippen molar-refractivity contribution in [2.75, 3.05) is 0 Å². The molecule has 3 aromatic rings. The van der Waals surface area contributed by atoms with Crippen molar-refractivity contribution in [1.29, 1.82) is 0 Å². The molecular weight excluding hydrogens is 352 g/mol. The fourth-order valence-electron chi connectivity index (χ4n) is 2.63. The minimum Gasteiger partial charge on any atom is -0.480 e. The van der Waals surface area contributed by atoms with E-state index in [0.717, 1.165) is 22.0 Å². The average molecular weight is 372 g/mol.